The summed E-state index contributed by atoms with van der Waals surface area (Å²) in [7, 11) is -2.61. The number of nitriles is 1. The molecule has 0 aliphatic carbocycles. The molecule has 0 aromatic heterocycles. The van der Waals surface area contributed by atoms with Gasteiger partial charge in [-0.25, -0.2) is 0 Å². The molecule has 1 atom stereocenters. The second-order valence-electron chi connectivity index (χ2n) is 5.12. The van der Waals surface area contributed by atoms with Crippen molar-refractivity contribution in [2.45, 2.75) is 31.4 Å². The number of rotatable bonds is 2. The van der Waals surface area contributed by atoms with E-state index in [2.05, 4.69) is 5.92 Å². The molecule has 2 nitrogen and oxygen atoms in total. The Hall–Kier alpha value is -1.76. The lowest BCUT2D eigenvalue weighted by atomic mass is 10.1. The Morgan fingerprint density at radius 1 is 1.10 bits per heavy atom. The van der Waals surface area contributed by atoms with Crippen molar-refractivity contribution in [3.8, 4) is 17.9 Å². The van der Waals surface area contributed by atoms with Gasteiger partial charge in [0.1, 0.15) is 6.07 Å². The summed E-state index contributed by atoms with van der Waals surface area (Å²) in [4.78, 5) is 0. The molecule has 0 fully saturated rings. The summed E-state index contributed by atoms with van der Waals surface area (Å²) in [5.74, 6) is 4.34. The zero-order valence-electron chi connectivity index (χ0n) is 11.4. The van der Waals surface area contributed by atoms with Crippen molar-refractivity contribution in [1.82, 2.24) is 0 Å². The average molecular weight is 297 g/mol. The normalized spacial score (nSPS) is 14.7. The third-order valence-corrected chi connectivity index (χ3v) is 3.09. The molecule has 106 valence electrons. The van der Waals surface area contributed by atoms with Crippen LogP contribution in [0, 0.1) is 23.2 Å². The van der Waals surface area contributed by atoms with E-state index >= 15 is 0 Å². The highest BCUT2D eigenvalue weighted by atomic mass is 28.4. The lowest BCUT2D eigenvalue weighted by Gasteiger charge is -2.30. The first-order chi connectivity index (χ1) is 9.10. The first-order valence-electron chi connectivity index (χ1n) is 5.86. The van der Waals surface area contributed by atoms with E-state index in [1.54, 1.807) is 50.0 Å². The van der Waals surface area contributed by atoms with Gasteiger partial charge in [0, 0.05) is 5.56 Å². The van der Waals surface area contributed by atoms with Gasteiger partial charge >= 0.3 is 11.8 Å². The largest absolute Gasteiger partial charge is 0.442 e. The molecule has 0 heterocycles. The Morgan fingerprint density at radius 3 is 2.05 bits per heavy atom. The summed E-state index contributed by atoms with van der Waals surface area (Å²) < 4.78 is 44.6. The highest BCUT2D eigenvalue weighted by molar-refractivity contribution is 6.69. The minimum Gasteiger partial charge on any atom is -0.384 e. The average Bonchev–Trinajstić information content (AvgIpc) is 2.33. The highest BCUT2D eigenvalue weighted by Crippen LogP contribution is 2.35. The van der Waals surface area contributed by atoms with Crippen LogP contribution in [0.1, 0.15) is 5.56 Å². The quantitative estimate of drug-likeness (QED) is 0.616. The van der Waals surface area contributed by atoms with Crippen molar-refractivity contribution in [2.24, 2.45) is 0 Å². The molecule has 0 aliphatic rings. The first-order valence-corrected chi connectivity index (χ1v) is 9.27. The van der Waals surface area contributed by atoms with Gasteiger partial charge in [-0.05, 0) is 37.7 Å². The van der Waals surface area contributed by atoms with Crippen LogP contribution in [0.4, 0.5) is 13.2 Å². The van der Waals surface area contributed by atoms with Crippen LogP contribution < -0.4 is 0 Å². The van der Waals surface area contributed by atoms with Crippen molar-refractivity contribution >= 4 is 8.32 Å². The zero-order valence-corrected chi connectivity index (χ0v) is 12.4. The van der Waals surface area contributed by atoms with Gasteiger partial charge in [0.05, 0.1) is 0 Å². The lowest BCUT2D eigenvalue weighted by Crippen LogP contribution is -2.51. The van der Waals surface area contributed by atoms with Crippen molar-refractivity contribution in [3.05, 3.63) is 35.9 Å². The number of benzene rings is 1. The van der Waals surface area contributed by atoms with E-state index < -0.39 is 20.1 Å². The summed E-state index contributed by atoms with van der Waals surface area (Å²) in [6.45, 7) is 4.74. The minimum atomic E-state index is -4.87. The first kappa shape index (κ1) is 16.3. The van der Waals surface area contributed by atoms with Gasteiger partial charge in [-0.2, -0.15) is 18.4 Å². The SMILES string of the molecule is C[Si](C)(C)OC(C#N)(C#Cc1ccccc1)C(F)(F)F. The van der Waals surface area contributed by atoms with E-state index in [9.17, 15) is 13.2 Å². The maximum atomic E-state index is 13.2. The van der Waals surface area contributed by atoms with Gasteiger partial charge in [-0.1, -0.05) is 24.1 Å². The Balaban J connectivity index is 3.27. The van der Waals surface area contributed by atoms with Crippen LogP contribution in [0.3, 0.4) is 0 Å². The summed E-state index contributed by atoms with van der Waals surface area (Å²) in [5, 5.41) is 8.98. The van der Waals surface area contributed by atoms with Gasteiger partial charge in [0.2, 0.25) is 0 Å². The van der Waals surface area contributed by atoms with Crippen LogP contribution in [0.25, 0.3) is 0 Å². The zero-order chi connectivity index (χ0) is 15.4. The lowest BCUT2D eigenvalue weighted by molar-refractivity contribution is -0.207. The Morgan fingerprint density at radius 2 is 1.65 bits per heavy atom. The molecule has 0 saturated carbocycles. The predicted octanol–water partition coefficient (Wildman–Crippen LogP) is 3.71. The Bertz CT molecular complexity index is 561. The number of hydrogen-bond acceptors (Lipinski definition) is 2. The molecule has 0 bridgehead atoms. The molecule has 0 spiro atoms. The number of nitrogens with zero attached hydrogens (tertiary/aromatic N) is 1. The Kier molecular flexibility index (Phi) is 4.64. The number of alkyl halides is 3. The molecule has 0 radical (unpaired) electrons. The van der Waals surface area contributed by atoms with Gasteiger partial charge in [0.15, 0.2) is 8.32 Å². The van der Waals surface area contributed by atoms with Crippen LogP contribution >= 0.6 is 0 Å². The fraction of sp³-hybridized carbons (Fsp3) is 0.357. The molecule has 0 N–H and O–H groups in total. The molecule has 1 unspecified atom stereocenters. The van der Waals surface area contributed by atoms with Gasteiger partial charge in [-0.3, -0.25) is 0 Å². The van der Waals surface area contributed by atoms with Crippen molar-refractivity contribution in [3.63, 3.8) is 0 Å². The fourth-order valence-electron chi connectivity index (χ4n) is 1.41. The molecule has 1 aromatic rings. The second kappa shape index (κ2) is 5.70. The van der Waals surface area contributed by atoms with E-state index in [0.717, 1.165) is 0 Å². The fourth-order valence-corrected chi connectivity index (χ4v) is 2.54. The van der Waals surface area contributed by atoms with Crippen LogP contribution in [-0.2, 0) is 4.43 Å². The van der Waals surface area contributed by atoms with Gasteiger partial charge in [0.25, 0.3) is 0 Å². The molecule has 20 heavy (non-hydrogen) atoms. The van der Waals surface area contributed by atoms with Crippen LogP contribution in [0.15, 0.2) is 30.3 Å². The minimum absolute atomic E-state index is 0.399. The van der Waals surface area contributed by atoms with E-state index in [4.69, 9.17) is 9.69 Å². The smallest absolute Gasteiger partial charge is 0.384 e. The van der Waals surface area contributed by atoms with Crippen molar-refractivity contribution < 1.29 is 17.6 Å². The summed E-state index contributed by atoms with van der Waals surface area (Å²) in [6, 6.07) is 9.38. The third kappa shape index (κ3) is 4.12. The van der Waals surface area contributed by atoms with Gasteiger partial charge in [-0.15, -0.1) is 0 Å². The molecule has 6 heteroatoms. The molecule has 0 saturated heterocycles. The number of halogens is 3. The second-order valence-corrected chi connectivity index (χ2v) is 9.55. The van der Waals surface area contributed by atoms with E-state index in [-0.39, 0.29) is 0 Å². The van der Waals surface area contributed by atoms with E-state index in [0.29, 0.717) is 5.56 Å². The summed E-state index contributed by atoms with van der Waals surface area (Å²) >= 11 is 0. The molecular weight excluding hydrogens is 283 g/mol. The van der Waals surface area contributed by atoms with Crippen LogP contribution in [0.2, 0.25) is 19.6 Å². The van der Waals surface area contributed by atoms with Crippen LogP contribution in [-0.4, -0.2) is 20.1 Å². The summed E-state index contributed by atoms with van der Waals surface area (Å²) in [5.41, 5.74) is -2.68. The van der Waals surface area contributed by atoms with E-state index in [1.165, 1.54) is 6.07 Å². The summed E-state index contributed by atoms with van der Waals surface area (Å²) in [6.07, 6.45) is -4.87. The maximum Gasteiger partial charge on any atom is 0.442 e. The topological polar surface area (TPSA) is 33.0 Å². The molecule has 1 aromatic carbocycles. The standard InChI is InChI=1S/C14H14F3NOSi/c1-20(2,3)19-13(11-18,14(15,16)17)10-9-12-7-5-4-6-8-12/h4-8H,1-3H3. The molecule has 0 aliphatic heterocycles. The van der Waals surface area contributed by atoms with Crippen molar-refractivity contribution in [2.75, 3.05) is 0 Å². The predicted molar refractivity (Wildman–Crippen MR) is 72.2 cm³/mol. The highest BCUT2D eigenvalue weighted by Gasteiger charge is 2.58. The van der Waals surface area contributed by atoms with Gasteiger partial charge < -0.3 is 4.43 Å². The maximum absolute atomic E-state index is 13.2. The Labute approximate surface area is 117 Å². The molecular formula is C14H14F3NOSi. The monoisotopic (exact) mass is 297 g/mol. The van der Waals surface area contributed by atoms with Crippen LogP contribution in [0.5, 0.6) is 0 Å². The van der Waals surface area contributed by atoms with E-state index in [1.807, 2.05) is 5.92 Å². The molecule has 1 rings (SSSR count). The van der Waals surface area contributed by atoms with Crippen molar-refractivity contribution in [1.29, 1.82) is 5.26 Å². The molecule has 0 amide bonds. The third-order valence-electron chi connectivity index (χ3n) is 2.17. The number of hydrogen-bond donors (Lipinski definition) is 0.